The number of rotatable bonds is 4. The van der Waals surface area contributed by atoms with Crippen molar-refractivity contribution >= 4 is 23.2 Å². The SMILES string of the molecule is COC(=O)CCNC(=O)c1ccc(C#CCO)s1. The minimum absolute atomic E-state index is 0.144. The molecule has 1 aromatic heterocycles. The van der Waals surface area contributed by atoms with Gasteiger partial charge in [0, 0.05) is 6.54 Å². The smallest absolute Gasteiger partial charge is 0.307 e. The number of aliphatic hydroxyl groups excluding tert-OH is 1. The van der Waals surface area contributed by atoms with Crippen molar-refractivity contribution in [2.45, 2.75) is 6.42 Å². The summed E-state index contributed by atoms with van der Waals surface area (Å²) in [6.45, 7) is 0.0274. The summed E-state index contributed by atoms with van der Waals surface area (Å²) in [4.78, 5) is 23.7. The first-order valence-corrected chi connectivity index (χ1v) is 6.03. The number of carbonyl (C=O) groups is 2. The van der Waals surface area contributed by atoms with Crippen LogP contribution in [0.25, 0.3) is 0 Å². The van der Waals surface area contributed by atoms with E-state index in [9.17, 15) is 9.59 Å². The van der Waals surface area contributed by atoms with Crippen LogP contribution in [0.5, 0.6) is 0 Å². The van der Waals surface area contributed by atoms with Crippen LogP contribution in [0.15, 0.2) is 12.1 Å². The first-order valence-electron chi connectivity index (χ1n) is 5.22. The summed E-state index contributed by atoms with van der Waals surface area (Å²) in [7, 11) is 1.30. The highest BCUT2D eigenvalue weighted by atomic mass is 32.1. The third-order valence-corrected chi connectivity index (χ3v) is 2.96. The van der Waals surface area contributed by atoms with Gasteiger partial charge in [-0.05, 0) is 12.1 Å². The number of methoxy groups -OCH3 is 1. The van der Waals surface area contributed by atoms with E-state index in [4.69, 9.17) is 5.11 Å². The molecule has 1 rings (SSSR count). The summed E-state index contributed by atoms with van der Waals surface area (Å²) in [6.07, 6.45) is 0.144. The van der Waals surface area contributed by atoms with Crippen LogP contribution in [0.1, 0.15) is 21.0 Å². The van der Waals surface area contributed by atoms with Gasteiger partial charge in [0.25, 0.3) is 5.91 Å². The van der Waals surface area contributed by atoms with Gasteiger partial charge < -0.3 is 15.2 Å². The molecule has 18 heavy (non-hydrogen) atoms. The Labute approximate surface area is 109 Å². The minimum atomic E-state index is -0.365. The van der Waals surface area contributed by atoms with Crippen LogP contribution in [0, 0.1) is 11.8 Å². The molecule has 96 valence electrons. The van der Waals surface area contributed by atoms with Crippen molar-refractivity contribution < 1.29 is 19.4 Å². The van der Waals surface area contributed by atoms with Crippen LogP contribution in [0.4, 0.5) is 0 Å². The number of hydrogen-bond donors (Lipinski definition) is 2. The molecule has 2 N–H and O–H groups in total. The molecule has 0 saturated heterocycles. The fraction of sp³-hybridized carbons (Fsp3) is 0.333. The molecule has 0 bridgehead atoms. The molecule has 1 amide bonds. The van der Waals surface area contributed by atoms with Crippen molar-refractivity contribution in [3.8, 4) is 11.8 Å². The summed E-state index contributed by atoms with van der Waals surface area (Å²) in [6, 6.07) is 3.36. The average Bonchev–Trinajstić information content (AvgIpc) is 2.84. The quantitative estimate of drug-likeness (QED) is 0.611. The zero-order chi connectivity index (χ0) is 13.4. The number of thiophene rings is 1. The first kappa shape index (κ1) is 14.2. The molecule has 0 saturated carbocycles. The third-order valence-electron chi connectivity index (χ3n) is 1.96. The fourth-order valence-electron chi connectivity index (χ4n) is 1.12. The maximum absolute atomic E-state index is 11.7. The molecule has 6 heteroatoms. The largest absolute Gasteiger partial charge is 0.469 e. The molecule has 0 aliphatic rings. The van der Waals surface area contributed by atoms with Crippen molar-refractivity contribution in [3.05, 3.63) is 21.9 Å². The van der Waals surface area contributed by atoms with E-state index in [1.807, 2.05) is 0 Å². The zero-order valence-electron chi connectivity index (χ0n) is 9.86. The van der Waals surface area contributed by atoms with Crippen molar-refractivity contribution in [2.24, 2.45) is 0 Å². The van der Waals surface area contributed by atoms with Crippen molar-refractivity contribution in [2.75, 3.05) is 20.3 Å². The second-order valence-electron chi connectivity index (χ2n) is 3.21. The molecule has 5 nitrogen and oxygen atoms in total. The van der Waals surface area contributed by atoms with Gasteiger partial charge >= 0.3 is 5.97 Å². The summed E-state index contributed by atoms with van der Waals surface area (Å²) in [5.41, 5.74) is 0. The number of carbonyl (C=O) groups excluding carboxylic acids is 2. The van der Waals surface area contributed by atoms with Crippen molar-refractivity contribution in [3.63, 3.8) is 0 Å². The first-order chi connectivity index (χ1) is 8.67. The number of amides is 1. The Hall–Kier alpha value is -1.84. The Kier molecular flexibility index (Phi) is 5.91. The van der Waals surface area contributed by atoms with Gasteiger partial charge in [-0.15, -0.1) is 11.3 Å². The second-order valence-corrected chi connectivity index (χ2v) is 4.29. The lowest BCUT2D eigenvalue weighted by Gasteiger charge is -2.01. The summed E-state index contributed by atoms with van der Waals surface area (Å²) in [5, 5.41) is 11.1. The number of nitrogens with one attached hydrogen (secondary N) is 1. The van der Waals surface area contributed by atoms with Gasteiger partial charge in [-0.3, -0.25) is 9.59 Å². The zero-order valence-corrected chi connectivity index (χ0v) is 10.7. The maximum atomic E-state index is 11.7. The van der Waals surface area contributed by atoms with Crippen molar-refractivity contribution in [1.82, 2.24) is 5.32 Å². The van der Waals surface area contributed by atoms with Gasteiger partial charge in [-0.1, -0.05) is 11.8 Å². The average molecular weight is 267 g/mol. The van der Waals surface area contributed by atoms with Gasteiger partial charge in [0.05, 0.1) is 23.3 Å². The van der Waals surface area contributed by atoms with Crippen molar-refractivity contribution in [1.29, 1.82) is 0 Å². The molecule has 0 aliphatic heterocycles. The summed E-state index contributed by atoms with van der Waals surface area (Å²) in [5.74, 6) is 4.61. The molecule has 0 spiro atoms. The Morgan fingerprint density at radius 2 is 2.28 bits per heavy atom. The van der Waals surface area contributed by atoms with Crippen LogP contribution in [0.2, 0.25) is 0 Å². The lowest BCUT2D eigenvalue weighted by molar-refractivity contribution is -0.140. The highest BCUT2D eigenvalue weighted by Gasteiger charge is 2.08. The lowest BCUT2D eigenvalue weighted by Crippen LogP contribution is -2.25. The predicted molar refractivity (Wildman–Crippen MR) is 67.2 cm³/mol. The van der Waals surface area contributed by atoms with Gasteiger partial charge in [0.1, 0.15) is 6.61 Å². The van der Waals surface area contributed by atoms with Gasteiger partial charge in [-0.25, -0.2) is 0 Å². The fourth-order valence-corrected chi connectivity index (χ4v) is 1.92. The molecule has 0 aliphatic carbocycles. The molecule has 1 heterocycles. The predicted octanol–water partition coefficient (Wildman–Crippen LogP) is 0.385. The van der Waals surface area contributed by atoms with E-state index in [1.54, 1.807) is 12.1 Å². The maximum Gasteiger partial charge on any atom is 0.307 e. The third kappa shape index (κ3) is 4.57. The van der Waals surface area contributed by atoms with Crippen LogP contribution in [0.3, 0.4) is 0 Å². The lowest BCUT2D eigenvalue weighted by atomic mass is 10.4. The van der Waals surface area contributed by atoms with Crippen LogP contribution >= 0.6 is 11.3 Å². The van der Waals surface area contributed by atoms with Crippen LogP contribution < -0.4 is 5.32 Å². The Morgan fingerprint density at radius 3 is 2.94 bits per heavy atom. The second kappa shape index (κ2) is 7.48. The Morgan fingerprint density at radius 1 is 1.50 bits per heavy atom. The van der Waals surface area contributed by atoms with E-state index in [0.717, 1.165) is 0 Å². The van der Waals surface area contributed by atoms with Crippen LogP contribution in [-0.2, 0) is 9.53 Å². The van der Waals surface area contributed by atoms with E-state index in [0.29, 0.717) is 9.75 Å². The molecule has 1 aromatic rings. The standard InChI is InChI=1S/C12H13NO4S/c1-17-11(15)6-7-13-12(16)10-5-4-9(18-10)3-2-8-14/h4-5,14H,6-8H2,1H3,(H,13,16). The summed E-state index contributed by atoms with van der Waals surface area (Å²) >= 11 is 1.23. The molecule has 0 aromatic carbocycles. The topological polar surface area (TPSA) is 75.6 Å². The Balaban J connectivity index is 2.47. The van der Waals surface area contributed by atoms with Gasteiger partial charge in [0.2, 0.25) is 0 Å². The highest BCUT2D eigenvalue weighted by molar-refractivity contribution is 7.14. The molecular formula is C12H13NO4S. The monoisotopic (exact) mass is 267 g/mol. The van der Waals surface area contributed by atoms with Crippen LogP contribution in [-0.4, -0.2) is 37.2 Å². The summed E-state index contributed by atoms with van der Waals surface area (Å²) < 4.78 is 4.46. The minimum Gasteiger partial charge on any atom is -0.469 e. The van der Waals surface area contributed by atoms with Gasteiger partial charge in [-0.2, -0.15) is 0 Å². The number of esters is 1. The van der Waals surface area contributed by atoms with Gasteiger partial charge in [0.15, 0.2) is 0 Å². The van der Waals surface area contributed by atoms with E-state index < -0.39 is 0 Å². The van der Waals surface area contributed by atoms with E-state index in [-0.39, 0.29) is 31.4 Å². The molecule has 0 radical (unpaired) electrons. The molecule has 0 fully saturated rings. The van der Waals surface area contributed by atoms with E-state index >= 15 is 0 Å². The molecule has 0 unspecified atom stereocenters. The highest BCUT2D eigenvalue weighted by Crippen LogP contribution is 2.14. The number of hydrogen-bond acceptors (Lipinski definition) is 5. The molecular weight excluding hydrogens is 254 g/mol. The number of ether oxygens (including phenoxy) is 1. The normalized spacial score (nSPS) is 9.22. The van der Waals surface area contributed by atoms with E-state index in [1.165, 1.54) is 18.4 Å². The van der Waals surface area contributed by atoms with E-state index in [2.05, 4.69) is 21.9 Å². The number of aliphatic hydroxyl groups is 1. The molecule has 0 atom stereocenters. The Bertz CT molecular complexity index is 484.